The van der Waals surface area contributed by atoms with E-state index < -0.39 is 10.0 Å². The predicted molar refractivity (Wildman–Crippen MR) is 55.9 cm³/mol. The largest absolute Gasteiger partial charge is 0.487 e. The monoisotopic (exact) mass is 228 g/mol. The van der Waals surface area contributed by atoms with Crippen LogP contribution >= 0.6 is 0 Å². The minimum absolute atomic E-state index is 0.0469. The van der Waals surface area contributed by atoms with Gasteiger partial charge in [0.25, 0.3) is 0 Å². The van der Waals surface area contributed by atoms with E-state index in [1.165, 1.54) is 12.1 Å². The number of nitrogens with two attached hydrogens (primary N) is 2. The standard InChI is InChI=1S/C9H12N2O3S/c10-7-2-1-3-8(15(11,12)13)9(7)14-6-4-5-6/h1-3,6H,4-5,10H2,(H2,11,12,13). The summed E-state index contributed by atoms with van der Waals surface area (Å²) < 4.78 is 27.9. The number of primary sulfonamides is 1. The van der Waals surface area contributed by atoms with Gasteiger partial charge in [-0.05, 0) is 25.0 Å². The van der Waals surface area contributed by atoms with Crippen LogP contribution in [0.1, 0.15) is 12.8 Å². The second-order valence-electron chi connectivity index (χ2n) is 3.54. The van der Waals surface area contributed by atoms with Crippen molar-refractivity contribution in [2.75, 3.05) is 5.73 Å². The molecule has 1 aromatic carbocycles. The topological polar surface area (TPSA) is 95.4 Å². The van der Waals surface area contributed by atoms with Crippen molar-refractivity contribution in [2.45, 2.75) is 23.8 Å². The van der Waals surface area contributed by atoms with Crippen LogP contribution in [0.3, 0.4) is 0 Å². The molecule has 0 heterocycles. The van der Waals surface area contributed by atoms with E-state index in [2.05, 4.69) is 0 Å². The Balaban J connectivity index is 2.47. The summed E-state index contributed by atoms with van der Waals surface area (Å²) in [4.78, 5) is -0.0469. The molecule has 2 rings (SSSR count). The molecule has 0 bridgehead atoms. The molecule has 0 amide bonds. The van der Waals surface area contributed by atoms with Gasteiger partial charge in [0.1, 0.15) is 4.90 Å². The molecule has 0 radical (unpaired) electrons. The zero-order valence-electron chi connectivity index (χ0n) is 8.01. The van der Waals surface area contributed by atoms with Crippen molar-refractivity contribution in [1.29, 1.82) is 0 Å². The van der Waals surface area contributed by atoms with Gasteiger partial charge in [0.15, 0.2) is 5.75 Å². The first-order valence-corrected chi connectivity index (χ1v) is 6.11. The third kappa shape index (κ3) is 2.21. The Morgan fingerprint density at radius 3 is 2.53 bits per heavy atom. The van der Waals surface area contributed by atoms with E-state index >= 15 is 0 Å². The van der Waals surface area contributed by atoms with Gasteiger partial charge in [0, 0.05) is 0 Å². The fourth-order valence-corrected chi connectivity index (χ4v) is 1.93. The molecule has 0 atom stereocenters. The first-order chi connectivity index (χ1) is 6.98. The van der Waals surface area contributed by atoms with Gasteiger partial charge in [-0.2, -0.15) is 0 Å². The lowest BCUT2D eigenvalue weighted by atomic mass is 10.3. The van der Waals surface area contributed by atoms with Gasteiger partial charge in [0.05, 0.1) is 11.8 Å². The summed E-state index contributed by atoms with van der Waals surface area (Å²) in [6.45, 7) is 0. The lowest BCUT2D eigenvalue weighted by Gasteiger charge is -2.11. The number of hydrogen-bond donors (Lipinski definition) is 2. The number of anilines is 1. The Labute approximate surface area is 88.1 Å². The van der Waals surface area contributed by atoms with Crippen molar-refractivity contribution in [1.82, 2.24) is 0 Å². The Bertz CT molecular complexity index is 480. The fraction of sp³-hybridized carbons (Fsp3) is 0.333. The molecule has 15 heavy (non-hydrogen) atoms. The summed E-state index contributed by atoms with van der Waals surface area (Å²) in [5.74, 6) is 0.183. The number of ether oxygens (including phenoxy) is 1. The Morgan fingerprint density at radius 1 is 1.33 bits per heavy atom. The molecule has 0 aliphatic heterocycles. The van der Waals surface area contributed by atoms with Gasteiger partial charge >= 0.3 is 0 Å². The highest BCUT2D eigenvalue weighted by Crippen LogP contribution is 2.35. The van der Waals surface area contributed by atoms with Crippen LogP contribution in [0, 0.1) is 0 Å². The van der Waals surface area contributed by atoms with Crippen LogP contribution in [-0.2, 0) is 10.0 Å². The second kappa shape index (κ2) is 3.39. The van der Waals surface area contributed by atoms with Crippen molar-refractivity contribution in [3.63, 3.8) is 0 Å². The van der Waals surface area contributed by atoms with Crippen molar-refractivity contribution in [2.24, 2.45) is 5.14 Å². The van der Waals surface area contributed by atoms with Gasteiger partial charge < -0.3 is 10.5 Å². The molecule has 1 aromatic rings. The molecule has 1 aliphatic rings. The molecule has 4 N–H and O–H groups in total. The summed E-state index contributed by atoms with van der Waals surface area (Å²) in [5, 5.41) is 5.06. The lowest BCUT2D eigenvalue weighted by Crippen LogP contribution is -2.15. The van der Waals surface area contributed by atoms with E-state index in [4.69, 9.17) is 15.6 Å². The van der Waals surface area contributed by atoms with E-state index in [0.29, 0.717) is 5.69 Å². The second-order valence-corrected chi connectivity index (χ2v) is 5.07. The van der Waals surface area contributed by atoms with Gasteiger partial charge in [-0.25, -0.2) is 13.6 Å². The van der Waals surface area contributed by atoms with Crippen molar-refractivity contribution in [3.8, 4) is 5.75 Å². The minimum Gasteiger partial charge on any atom is -0.487 e. The third-order valence-electron chi connectivity index (χ3n) is 2.12. The number of hydrogen-bond acceptors (Lipinski definition) is 4. The maximum absolute atomic E-state index is 11.3. The number of para-hydroxylation sites is 1. The highest BCUT2D eigenvalue weighted by molar-refractivity contribution is 7.89. The Morgan fingerprint density at radius 2 is 2.00 bits per heavy atom. The lowest BCUT2D eigenvalue weighted by molar-refractivity contribution is 0.297. The van der Waals surface area contributed by atoms with Gasteiger partial charge in [0.2, 0.25) is 10.0 Å². The molecule has 1 aliphatic carbocycles. The molecule has 1 saturated carbocycles. The molecule has 5 nitrogen and oxygen atoms in total. The first-order valence-electron chi connectivity index (χ1n) is 4.56. The predicted octanol–water partition coefficient (Wildman–Crippen LogP) is 0.457. The first kappa shape index (κ1) is 10.3. The van der Waals surface area contributed by atoms with E-state index in [1.807, 2.05) is 0 Å². The van der Waals surface area contributed by atoms with Crippen molar-refractivity contribution < 1.29 is 13.2 Å². The zero-order valence-corrected chi connectivity index (χ0v) is 8.83. The minimum atomic E-state index is -3.78. The number of sulfonamides is 1. The molecule has 0 aromatic heterocycles. The van der Waals surface area contributed by atoms with E-state index in [0.717, 1.165) is 12.8 Å². The average Bonchev–Trinajstić information content (AvgIpc) is 2.90. The van der Waals surface area contributed by atoms with Gasteiger partial charge in [-0.15, -0.1) is 0 Å². The van der Waals surface area contributed by atoms with E-state index in [9.17, 15) is 8.42 Å². The summed E-state index contributed by atoms with van der Waals surface area (Å²) in [7, 11) is -3.78. The SMILES string of the molecule is Nc1cccc(S(N)(=O)=O)c1OC1CC1. The van der Waals surface area contributed by atoms with E-state index in [-0.39, 0.29) is 16.7 Å². The summed E-state index contributed by atoms with van der Waals surface area (Å²) in [6, 6.07) is 4.52. The molecule has 1 fully saturated rings. The summed E-state index contributed by atoms with van der Waals surface area (Å²) in [6.07, 6.45) is 1.94. The van der Waals surface area contributed by atoms with Crippen molar-refractivity contribution in [3.05, 3.63) is 18.2 Å². The summed E-state index contributed by atoms with van der Waals surface area (Å²) in [5.41, 5.74) is 5.95. The highest BCUT2D eigenvalue weighted by Gasteiger charge is 2.27. The normalized spacial score (nSPS) is 16.3. The van der Waals surface area contributed by atoms with Crippen LogP contribution < -0.4 is 15.6 Å². The Hall–Kier alpha value is -1.27. The average molecular weight is 228 g/mol. The van der Waals surface area contributed by atoms with Crippen molar-refractivity contribution >= 4 is 15.7 Å². The van der Waals surface area contributed by atoms with E-state index in [1.54, 1.807) is 6.07 Å². The fourth-order valence-electron chi connectivity index (χ4n) is 1.24. The van der Waals surface area contributed by atoms with Crippen LogP contribution in [0.2, 0.25) is 0 Å². The van der Waals surface area contributed by atoms with Crippen LogP contribution in [0.5, 0.6) is 5.75 Å². The van der Waals surface area contributed by atoms with Crippen LogP contribution in [0.4, 0.5) is 5.69 Å². The quantitative estimate of drug-likeness (QED) is 0.734. The summed E-state index contributed by atoms with van der Waals surface area (Å²) >= 11 is 0. The smallest absolute Gasteiger partial charge is 0.241 e. The van der Waals surface area contributed by atoms with Crippen LogP contribution in [-0.4, -0.2) is 14.5 Å². The molecular weight excluding hydrogens is 216 g/mol. The molecule has 0 unspecified atom stereocenters. The van der Waals surface area contributed by atoms with Crippen LogP contribution in [0.25, 0.3) is 0 Å². The zero-order chi connectivity index (χ0) is 11.1. The number of nitrogen functional groups attached to an aromatic ring is 1. The molecule has 0 spiro atoms. The molecular formula is C9H12N2O3S. The Kier molecular flexibility index (Phi) is 2.32. The van der Waals surface area contributed by atoms with Gasteiger partial charge in [-0.3, -0.25) is 0 Å². The number of rotatable bonds is 3. The molecule has 0 saturated heterocycles. The maximum Gasteiger partial charge on any atom is 0.241 e. The highest BCUT2D eigenvalue weighted by atomic mass is 32.2. The van der Waals surface area contributed by atoms with Gasteiger partial charge in [-0.1, -0.05) is 6.07 Å². The maximum atomic E-state index is 11.3. The van der Waals surface area contributed by atoms with Crippen LogP contribution in [0.15, 0.2) is 23.1 Å². The molecule has 82 valence electrons. The molecule has 6 heteroatoms. The number of benzene rings is 1. The third-order valence-corrected chi connectivity index (χ3v) is 3.06.